The van der Waals surface area contributed by atoms with Crippen molar-refractivity contribution in [2.75, 3.05) is 13.6 Å². The van der Waals surface area contributed by atoms with Gasteiger partial charge in [-0.15, -0.1) is 0 Å². The van der Waals surface area contributed by atoms with Crippen LogP contribution in [0.15, 0.2) is 47.2 Å². The summed E-state index contributed by atoms with van der Waals surface area (Å²) < 4.78 is 7.12. The van der Waals surface area contributed by atoms with Gasteiger partial charge in [0, 0.05) is 43.9 Å². The first-order valence-electron chi connectivity index (χ1n) is 8.83. The highest BCUT2D eigenvalue weighted by atomic mass is 16.5. The molecule has 0 bridgehead atoms. The van der Waals surface area contributed by atoms with Gasteiger partial charge in [0.05, 0.1) is 0 Å². The second kappa shape index (κ2) is 7.11. The highest BCUT2D eigenvalue weighted by molar-refractivity contribution is 5.76. The largest absolute Gasteiger partial charge is 0.344 e. The standard InChI is InChI=1S/C19H21N5O2/c1-23(11-9-16-21-19(26-22-16)15-7-8-15)17(25)13-24-12-10-20-18(24)14-5-3-2-4-6-14/h2-6,10,12,15H,7-9,11,13H2,1H3. The van der Waals surface area contributed by atoms with Crippen LogP contribution in [0, 0.1) is 0 Å². The molecule has 0 spiro atoms. The molecule has 0 aliphatic heterocycles. The van der Waals surface area contributed by atoms with Crippen LogP contribution in [0.1, 0.15) is 30.5 Å². The molecule has 3 aromatic rings. The third-order valence-electron chi connectivity index (χ3n) is 4.56. The molecule has 0 radical (unpaired) electrons. The fourth-order valence-corrected chi connectivity index (χ4v) is 2.81. The lowest BCUT2D eigenvalue weighted by Crippen LogP contribution is -2.32. The Hall–Kier alpha value is -2.96. The summed E-state index contributed by atoms with van der Waals surface area (Å²) in [5, 5.41) is 4.00. The van der Waals surface area contributed by atoms with Gasteiger partial charge in [-0.2, -0.15) is 4.98 Å². The number of amides is 1. The smallest absolute Gasteiger partial charge is 0.242 e. The van der Waals surface area contributed by atoms with Crippen molar-refractivity contribution >= 4 is 5.91 Å². The monoisotopic (exact) mass is 351 g/mol. The second-order valence-corrected chi connectivity index (χ2v) is 6.63. The van der Waals surface area contributed by atoms with Crippen molar-refractivity contribution in [1.82, 2.24) is 24.6 Å². The summed E-state index contributed by atoms with van der Waals surface area (Å²) in [6.07, 6.45) is 6.40. The molecule has 4 rings (SSSR count). The van der Waals surface area contributed by atoms with E-state index in [-0.39, 0.29) is 12.5 Å². The number of imidazole rings is 1. The van der Waals surface area contributed by atoms with E-state index < -0.39 is 0 Å². The van der Waals surface area contributed by atoms with Crippen LogP contribution < -0.4 is 0 Å². The zero-order chi connectivity index (χ0) is 17.9. The van der Waals surface area contributed by atoms with Gasteiger partial charge in [-0.3, -0.25) is 4.79 Å². The Morgan fingerprint density at radius 1 is 1.31 bits per heavy atom. The van der Waals surface area contributed by atoms with E-state index in [1.807, 2.05) is 41.1 Å². The summed E-state index contributed by atoms with van der Waals surface area (Å²) in [5.74, 6) is 2.66. The lowest BCUT2D eigenvalue weighted by molar-refractivity contribution is -0.130. The average Bonchev–Trinajstić information content (AvgIpc) is 3.23. The molecule has 7 nitrogen and oxygen atoms in total. The summed E-state index contributed by atoms with van der Waals surface area (Å²) in [4.78, 5) is 23.0. The Morgan fingerprint density at radius 3 is 2.88 bits per heavy atom. The average molecular weight is 351 g/mol. The first kappa shape index (κ1) is 16.5. The van der Waals surface area contributed by atoms with E-state index in [9.17, 15) is 4.79 Å². The summed E-state index contributed by atoms with van der Waals surface area (Å²) in [7, 11) is 1.79. The second-order valence-electron chi connectivity index (χ2n) is 6.63. The zero-order valence-corrected chi connectivity index (χ0v) is 14.7. The van der Waals surface area contributed by atoms with E-state index in [1.54, 1.807) is 18.1 Å². The van der Waals surface area contributed by atoms with Gasteiger partial charge in [-0.1, -0.05) is 35.5 Å². The number of aromatic nitrogens is 4. The highest BCUT2D eigenvalue weighted by Crippen LogP contribution is 2.38. The zero-order valence-electron chi connectivity index (χ0n) is 14.7. The summed E-state index contributed by atoms with van der Waals surface area (Å²) >= 11 is 0. The number of nitrogens with zero attached hydrogens (tertiary/aromatic N) is 5. The SMILES string of the molecule is CN(CCc1noc(C2CC2)n1)C(=O)Cn1ccnc1-c1ccccc1. The highest BCUT2D eigenvalue weighted by Gasteiger charge is 2.29. The predicted molar refractivity (Wildman–Crippen MR) is 95.3 cm³/mol. The minimum atomic E-state index is 0.0195. The number of rotatable bonds is 7. The molecule has 7 heteroatoms. The predicted octanol–water partition coefficient (Wildman–Crippen LogP) is 2.51. The molecule has 1 amide bonds. The van der Waals surface area contributed by atoms with E-state index in [0.717, 1.165) is 30.1 Å². The van der Waals surface area contributed by atoms with E-state index >= 15 is 0 Å². The molecule has 1 saturated carbocycles. The topological polar surface area (TPSA) is 77.0 Å². The number of benzene rings is 1. The van der Waals surface area contributed by atoms with E-state index in [4.69, 9.17) is 4.52 Å². The van der Waals surface area contributed by atoms with Crippen molar-refractivity contribution in [3.05, 3.63) is 54.4 Å². The van der Waals surface area contributed by atoms with Crippen LogP contribution in [-0.4, -0.2) is 44.1 Å². The third-order valence-corrected chi connectivity index (χ3v) is 4.56. The minimum absolute atomic E-state index is 0.0195. The molecule has 1 fully saturated rings. The minimum Gasteiger partial charge on any atom is -0.344 e. The fourth-order valence-electron chi connectivity index (χ4n) is 2.81. The Balaban J connectivity index is 1.35. The quantitative estimate of drug-likeness (QED) is 0.654. The Bertz CT molecular complexity index is 882. The van der Waals surface area contributed by atoms with Gasteiger partial charge in [0.1, 0.15) is 12.4 Å². The summed E-state index contributed by atoms with van der Waals surface area (Å²) in [6.45, 7) is 0.804. The Labute approximate surface area is 151 Å². The molecular formula is C19H21N5O2. The van der Waals surface area contributed by atoms with E-state index in [2.05, 4.69) is 15.1 Å². The molecular weight excluding hydrogens is 330 g/mol. The lowest BCUT2D eigenvalue weighted by Gasteiger charge is -2.17. The molecule has 134 valence electrons. The molecule has 1 aliphatic rings. The number of hydrogen-bond acceptors (Lipinski definition) is 5. The number of hydrogen-bond donors (Lipinski definition) is 0. The Kier molecular flexibility index (Phi) is 4.51. The maximum absolute atomic E-state index is 12.6. The van der Waals surface area contributed by atoms with Gasteiger partial charge in [0.2, 0.25) is 11.8 Å². The van der Waals surface area contributed by atoms with Crippen LogP contribution in [0.2, 0.25) is 0 Å². The maximum Gasteiger partial charge on any atom is 0.242 e. The van der Waals surface area contributed by atoms with Crippen LogP contribution in [-0.2, 0) is 17.8 Å². The van der Waals surface area contributed by atoms with Gasteiger partial charge >= 0.3 is 0 Å². The maximum atomic E-state index is 12.6. The molecule has 0 atom stereocenters. The lowest BCUT2D eigenvalue weighted by atomic mass is 10.2. The Morgan fingerprint density at radius 2 is 2.12 bits per heavy atom. The molecule has 0 unspecified atom stereocenters. The number of carbonyl (C=O) groups excluding carboxylic acids is 1. The summed E-state index contributed by atoms with van der Waals surface area (Å²) in [6, 6.07) is 9.86. The molecule has 2 aromatic heterocycles. The van der Waals surface area contributed by atoms with Crippen LogP contribution in [0.5, 0.6) is 0 Å². The van der Waals surface area contributed by atoms with Crippen LogP contribution in [0.4, 0.5) is 0 Å². The van der Waals surface area contributed by atoms with Gasteiger partial charge in [-0.25, -0.2) is 4.98 Å². The van der Waals surface area contributed by atoms with Gasteiger partial charge in [-0.05, 0) is 12.8 Å². The van der Waals surface area contributed by atoms with Crippen molar-refractivity contribution in [2.45, 2.75) is 31.7 Å². The van der Waals surface area contributed by atoms with E-state index in [0.29, 0.717) is 24.7 Å². The van der Waals surface area contributed by atoms with Crippen LogP contribution in [0.25, 0.3) is 11.4 Å². The fraction of sp³-hybridized carbons (Fsp3) is 0.368. The van der Waals surface area contributed by atoms with Crippen molar-refractivity contribution in [3.8, 4) is 11.4 Å². The number of likely N-dealkylation sites (N-methyl/N-ethyl adjacent to an activating group) is 1. The first-order chi connectivity index (χ1) is 12.7. The first-order valence-corrected chi connectivity index (χ1v) is 8.83. The molecule has 0 saturated heterocycles. The van der Waals surface area contributed by atoms with Crippen molar-refractivity contribution in [3.63, 3.8) is 0 Å². The summed E-state index contributed by atoms with van der Waals surface area (Å²) in [5.41, 5.74) is 0.993. The molecule has 26 heavy (non-hydrogen) atoms. The van der Waals surface area contributed by atoms with Gasteiger partial charge < -0.3 is 14.0 Å². The van der Waals surface area contributed by atoms with Crippen molar-refractivity contribution < 1.29 is 9.32 Å². The van der Waals surface area contributed by atoms with Crippen LogP contribution in [0.3, 0.4) is 0 Å². The number of carbonyl (C=O) groups is 1. The van der Waals surface area contributed by atoms with Gasteiger partial charge in [0.15, 0.2) is 5.82 Å². The third kappa shape index (κ3) is 3.66. The molecule has 2 heterocycles. The van der Waals surface area contributed by atoms with Crippen LogP contribution >= 0.6 is 0 Å². The molecule has 1 aromatic carbocycles. The van der Waals surface area contributed by atoms with Crippen molar-refractivity contribution in [1.29, 1.82) is 0 Å². The molecule has 1 aliphatic carbocycles. The normalized spacial score (nSPS) is 13.7. The molecule has 0 N–H and O–H groups in total. The van der Waals surface area contributed by atoms with Crippen molar-refractivity contribution in [2.24, 2.45) is 0 Å². The van der Waals surface area contributed by atoms with E-state index in [1.165, 1.54) is 0 Å². The van der Waals surface area contributed by atoms with Gasteiger partial charge in [0.25, 0.3) is 0 Å².